The smallest absolute Gasteiger partial charge is 0.246 e. The summed E-state index contributed by atoms with van der Waals surface area (Å²) in [5.41, 5.74) is 2.30. The summed E-state index contributed by atoms with van der Waals surface area (Å²) < 4.78 is 24.6. The molecule has 1 unspecified atom stereocenters. The van der Waals surface area contributed by atoms with E-state index < -0.39 is 9.84 Å². The molecule has 26 heavy (non-hydrogen) atoms. The number of aryl methyl sites for hydroxylation is 2. The Balaban J connectivity index is 2.15. The van der Waals surface area contributed by atoms with Crippen LogP contribution in [-0.4, -0.2) is 42.3 Å². The van der Waals surface area contributed by atoms with Gasteiger partial charge in [-0.2, -0.15) is 5.10 Å². The van der Waals surface area contributed by atoms with E-state index >= 15 is 0 Å². The average Bonchev–Trinajstić information content (AvgIpc) is 2.83. The monoisotopic (exact) mass is 395 g/mol. The average molecular weight is 396 g/mol. The van der Waals surface area contributed by atoms with Crippen LogP contribution in [0.25, 0.3) is 6.08 Å². The van der Waals surface area contributed by atoms with Crippen molar-refractivity contribution in [2.75, 3.05) is 13.3 Å². The van der Waals surface area contributed by atoms with Gasteiger partial charge in [-0.3, -0.25) is 9.48 Å². The molecule has 6 nitrogen and oxygen atoms in total. The highest BCUT2D eigenvalue weighted by atomic mass is 35.5. The van der Waals surface area contributed by atoms with Crippen LogP contribution in [0.2, 0.25) is 5.15 Å². The Hall–Kier alpha value is -2.12. The lowest BCUT2D eigenvalue weighted by molar-refractivity contribution is -0.126. The van der Waals surface area contributed by atoms with Gasteiger partial charge in [0.05, 0.1) is 16.6 Å². The van der Waals surface area contributed by atoms with E-state index in [2.05, 4.69) is 5.10 Å². The normalized spacial score (nSPS) is 13.2. The molecule has 0 aliphatic rings. The molecule has 1 aromatic carbocycles. The lowest BCUT2D eigenvalue weighted by Crippen LogP contribution is -2.28. The van der Waals surface area contributed by atoms with Gasteiger partial charge in [-0.25, -0.2) is 8.42 Å². The number of halogens is 1. The zero-order chi connectivity index (χ0) is 19.6. The number of amides is 1. The molecule has 0 spiro atoms. The number of carbonyl (C=O) groups is 1. The minimum atomic E-state index is -3.24. The van der Waals surface area contributed by atoms with Crippen molar-refractivity contribution in [1.29, 1.82) is 0 Å². The zero-order valence-electron chi connectivity index (χ0n) is 15.4. The van der Waals surface area contributed by atoms with E-state index in [0.717, 1.165) is 17.5 Å². The molecule has 0 N–H and O–H groups in total. The maximum atomic E-state index is 12.5. The van der Waals surface area contributed by atoms with Crippen LogP contribution in [-0.2, 0) is 21.7 Å². The van der Waals surface area contributed by atoms with E-state index in [9.17, 15) is 13.2 Å². The number of hydrogen-bond donors (Lipinski definition) is 0. The van der Waals surface area contributed by atoms with E-state index in [0.29, 0.717) is 10.7 Å². The van der Waals surface area contributed by atoms with Crippen molar-refractivity contribution in [3.8, 4) is 0 Å². The van der Waals surface area contributed by atoms with Crippen molar-refractivity contribution in [2.24, 2.45) is 7.05 Å². The predicted molar refractivity (Wildman–Crippen MR) is 103 cm³/mol. The number of nitrogens with zero attached hydrogens (tertiary/aromatic N) is 3. The standard InChI is InChI=1S/C18H22ClN3O3S/c1-12-16(18(19)22(4)20-12)10-11-17(23)21(3)13(2)14-6-8-15(9-7-14)26(5,24)25/h6-11,13H,1-5H3/b11-10+. The Morgan fingerprint density at radius 3 is 2.35 bits per heavy atom. The van der Waals surface area contributed by atoms with Crippen LogP contribution in [0.3, 0.4) is 0 Å². The van der Waals surface area contributed by atoms with Crippen LogP contribution in [0.4, 0.5) is 0 Å². The number of sulfone groups is 1. The molecule has 140 valence electrons. The van der Waals surface area contributed by atoms with Crippen LogP contribution >= 0.6 is 11.6 Å². The van der Waals surface area contributed by atoms with Gasteiger partial charge in [0.1, 0.15) is 5.15 Å². The molecule has 0 saturated heterocycles. The number of likely N-dealkylation sites (N-methyl/N-ethyl adjacent to an activating group) is 1. The fourth-order valence-electron chi connectivity index (χ4n) is 2.52. The number of rotatable bonds is 5. The minimum absolute atomic E-state index is 0.191. The molecular weight excluding hydrogens is 374 g/mol. The number of hydrogen-bond acceptors (Lipinski definition) is 4. The van der Waals surface area contributed by atoms with E-state index in [1.54, 1.807) is 54.0 Å². The van der Waals surface area contributed by atoms with E-state index in [1.165, 1.54) is 6.08 Å². The molecule has 0 aliphatic carbocycles. The van der Waals surface area contributed by atoms with Crippen molar-refractivity contribution >= 4 is 33.4 Å². The van der Waals surface area contributed by atoms with Crippen molar-refractivity contribution in [3.63, 3.8) is 0 Å². The third kappa shape index (κ3) is 4.34. The SMILES string of the molecule is Cc1nn(C)c(Cl)c1/C=C/C(=O)N(C)C(C)c1ccc(S(C)(=O)=O)cc1. The molecule has 1 heterocycles. The third-order valence-electron chi connectivity index (χ3n) is 4.31. The van der Waals surface area contributed by atoms with Gasteiger partial charge in [0.2, 0.25) is 5.91 Å². The Morgan fingerprint density at radius 2 is 1.88 bits per heavy atom. The minimum Gasteiger partial charge on any atom is -0.335 e. The first-order valence-corrected chi connectivity index (χ1v) is 10.2. The highest BCUT2D eigenvalue weighted by Gasteiger charge is 2.17. The summed E-state index contributed by atoms with van der Waals surface area (Å²) in [6.45, 7) is 3.70. The second-order valence-corrected chi connectivity index (χ2v) is 8.59. The van der Waals surface area contributed by atoms with Crippen LogP contribution in [0.15, 0.2) is 35.2 Å². The van der Waals surface area contributed by atoms with Crippen molar-refractivity contribution in [3.05, 3.63) is 52.3 Å². The van der Waals surface area contributed by atoms with E-state index in [4.69, 9.17) is 11.6 Å². The number of aromatic nitrogens is 2. The van der Waals surface area contributed by atoms with Crippen molar-refractivity contribution < 1.29 is 13.2 Å². The van der Waals surface area contributed by atoms with Gasteiger partial charge >= 0.3 is 0 Å². The zero-order valence-corrected chi connectivity index (χ0v) is 17.0. The first kappa shape index (κ1) is 20.2. The predicted octanol–water partition coefficient (Wildman–Crippen LogP) is 3.02. The maximum absolute atomic E-state index is 12.5. The molecule has 0 bridgehead atoms. The Morgan fingerprint density at radius 1 is 1.31 bits per heavy atom. The maximum Gasteiger partial charge on any atom is 0.246 e. The highest BCUT2D eigenvalue weighted by Crippen LogP contribution is 2.23. The van der Waals surface area contributed by atoms with Crippen LogP contribution in [0, 0.1) is 6.92 Å². The molecule has 0 radical (unpaired) electrons. The van der Waals surface area contributed by atoms with Gasteiger partial charge in [0, 0.05) is 32.0 Å². The summed E-state index contributed by atoms with van der Waals surface area (Å²) in [5.74, 6) is -0.191. The second kappa shape index (κ2) is 7.63. The molecule has 2 aromatic rings. The summed E-state index contributed by atoms with van der Waals surface area (Å²) >= 11 is 6.16. The lowest BCUT2D eigenvalue weighted by Gasteiger charge is -2.24. The molecule has 0 aliphatic heterocycles. The molecule has 0 fully saturated rings. The Bertz CT molecular complexity index is 947. The van der Waals surface area contributed by atoms with Gasteiger partial charge in [0.25, 0.3) is 0 Å². The van der Waals surface area contributed by atoms with Crippen LogP contribution in [0.5, 0.6) is 0 Å². The quantitative estimate of drug-likeness (QED) is 0.729. The fraction of sp³-hybridized carbons (Fsp3) is 0.333. The van der Waals surface area contributed by atoms with E-state index in [1.807, 2.05) is 13.8 Å². The first-order chi connectivity index (χ1) is 12.0. The Kier molecular flexibility index (Phi) is 5.93. The van der Waals surface area contributed by atoms with E-state index in [-0.39, 0.29) is 16.8 Å². The molecule has 1 atom stereocenters. The van der Waals surface area contributed by atoms with Crippen LogP contribution < -0.4 is 0 Å². The largest absolute Gasteiger partial charge is 0.335 e. The number of benzene rings is 1. The molecule has 1 aromatic heterocycles. The molecule has 2 rings (SSSR count). The van der Waals surface area contributed by atoms with Gasteiger partial charge in [-0.1, -0.05) is 23.7 Å². The van der Waals surface area contributed by atoms with Gasteiger partial charge in [0.15, 0.2) is 9.84 Å². The number of carbonyl (C=O) groups excluding carboxylic acids is 1. The fourth-order valence-corrected chi connectivity index (χ4v) is 3.38. The van der Waals surface area contributed by atoms with Gasteiger partial charge in [-0.05, 0) is 37.6 Å². The summed E-state index contributed by atoms with van der Waals surface area (Å²) in [6, 6.07) is 6.32. The highest BCUT2D eigenvalue weighted by molar-refractivity contribution is 7.90. The van der Waals surface area contributed by atoms with Crippen molar-refractivity contribution in [1.82, 2.24) is 14.7 Å². The molecule has 1 amide bonds. The van der Waals surface area contributed by atoms with Gasteiger partial charge < -0.3 is 4.90 Å². The summed E-state index contributed by atoms with van der Waals surface area (Å²) in [5, 5.41) is 4.67. The third-order valence-corrected chi connectivity index (χ3v) is 5.88. The van der Waals surface area contributed by atoms with Crippen molar-refractivity contribution in [2.45, 2.75) is 24.8 Å². The summed E-state index contributed by atoms with van der Waals surface area (Å²) in [7, 11) is 0.193. The second-order valence-electron chi connectivity index (χ2n) is 6.21. The Labute approximate surface area is 159 Å². The molecule has 0 saturated carbocycles. The topological polar surface area (TPSA) is 72.3 Å². The van der Waals surface area contributed by atoms with Gasteiger partial charge in [-0.15, -0.1) is 0 Å². The molecular formula is C18H22ClN3O3S. The summed E-state index contributed by atoms with van der Waals surface area (Å²) in [4.78, 5) is 14.3. The summed E-state index contributed by atoms with van der Waals surface area (Å²) in [6.07, 6.45) is 4.28. The molecule has 8 heteroatoms. The lowest BCUT2D eigenvalue weighted by atomic mass is 10.1. The first-order valence-electron chi connectivity index (χ1n) is 7.96. The van der Waals surface area contributed by atoms with Crippen LogP contribution in [0.1, 0.15) is 29.8 Å².